The summed E-state index contributed by atoms with van der Waals surface area (Å²) in [7, 11) is 1.51. The van der Waals surface area contributed by atoms with Crippen molar-refractivity contribution in [3.63, 3.8) is 0 Å². The molecule has 1 rings (SSSR count). The number of nitriles is 1. The Hall–Kier alpha value is -2.06. The Labute approximate surface area is 99.7 Å². The molecule has 5 heteroatoms. The number of pyridine rings is 1. The zero-order chi connectivity index (χ0) is 12.8. The summed E-state index contributed by atoms with van der Waals surface area (Å²) in [5.74, 6) is 0. The molecule has 90 valence electrons. The fourth-order valence-electron chi connectivity index (χ4n) is 1.51. The number of allylic oxidation sites excluding steroid dienone is 1. The first kappa shape index (κ1) is 13.0. The molecule has 1 aromatic rings. The molecule has 0 radical (unpaired) electrons. The lowest BCUT2D eigenvalue weighted by Crippen LogP contribution is -2.17. The van der Waals surface area contributed by atoms with E-state index in [0.29, 0.717) is 5.69 Å². The molecule has 0 saturated heterocycles. The monoisotopic (exact) mass is 233 g/mol. The van der Waals surface area contributed by atoms with Crippen LogP contribution < -0.4 is 11.0 Å². The number of nitrogens with zero attached hydrogens (tertiary/aromatic N) is 1. The van der Waals surface area contributed by atoms with Crippen molar-refractivity contribution in [2.45, 2.75) is 20.3 Å². The van der Waals surface area contributed by atoms with E-state index in [0.717, 1.165) is 17.7 Å². The summed E-state index contributed by atoms with van der Waals surface area (Å²) in [6.07, 6.45) is 2.73. The summed E-state index contributed by atoms with van der Waals surface area (Å²) in [4.78, 5) is 18.9. The van der Waals surface area contributed by atoms with E-state index in [2.05, 4.69) is 10.5 Å². The van der Waals surface area contributed by atoms with Crippen molar-refractivity contribution in [1.29, 1.82) is 5.26 Å². The molecule has 2 N–H and O–H groups in total. The van der Waals surface area contributed by atoms with Gasteiger partial charge in [0, 0.05) is 11.3 Å². The number of aromatic nitrogens is 1. The maximum absolute atomic E-state index is 11.4. The van der Waals surface area contributed by atoms with E-state index in [9.17, 15) is 4.79 Å². The van der Waals surface area contributed by atoms with Gasteiger partial charge in [0.25, 0.3) is 5.56 Å². The van der Waals surface area contributed by atoms with Crippen LogP contribution in [0.4, 0.5) is 0 Å². The predicted octanol–water partition coefficient (Wildman–Crippen LogP) is 1.46. The molecule has 5 nitrogen and oxygen atoms in total. The number of H-pyrrole nitrogens is 1. The number of rotatable bonds is 4. The van der Waals surface area contributed by atoms with E-state index in [-0.39, 0.29) is 11.1 Å². The van der Waals surface area contributed by atoms with Crippen LogP contribution in [-0.4, -0.2) is 12.1 Å². The highest BCUT2D eigenvalue weighted by molar-refractivity contribution is 5.65. The van der Waals surface area contributed by atoms with Gasteiger partial charge in [-0.05, 0) is 19.4 Å². The Morgan fingerprint density at radius 3 is 2.94 bits per heavy atom. The largest absolute Gasteiger partial charge is 0.325 e. The lowest BCUT2D eigenvalue weighted by Gasteiger charge is -2.11. The van der Waals surface area contributed by atoms with Crippen LogP contribution in [0.1, 0.15) is 30.2 Å². The van der Waals surface area contributed by atoms with E-state index >= 15 is 0 Å². The van der Waals surface area contributed by atoms with Crippen LogP contribution in [0.15, 0.2) is 16.9 Å². The van der Waals surface area contributed by atoms with Crippen LogP contribution in [-0.2, 0) is 4.84 Å². The van der Waals surface area contributed by atoms with Gasteiger partial charge < -0.3 is 4.98 Å². The number of hydrogen-bond donors (Lipinski definition) is 2. The van der Waals surface area contributed by atoms with Crippen molar-refractivity contribution >= 4 is 5.70 Å². The molecule has 0 aliphatic carbocycles. The van der Waals surface area contributed by atoms with Crippen LogP contribution in [0.3, 0.4) is 0 Å². The summed E-state index contributed by atoms with van der Waals surface area (Å²) in [6.45, 7) is 3.77. The quantitative estimate of drug-likeness (QED) is 0.772. The molecule has 0 fully saturated rings. The van der Waals surface area contributed by atoms with Gasteiger partial charge in [-0.2, -0.15) is 5.26 Å². The van der Waals surface area contributed by atoms with Gasteiger partial charge in [-0.3, -0.25) is 15.1 Å². The fraction of sp³-hybridized carbons (Fsp3) is 0.333. The maximum atomic E-state index is 11.4. The van der Waals surface area contributed by atoms with Crippen LogP contribution in [0.5, 0.6) is 0 Å². The number of aromatic amines is 1. The minimum absolute atomic E-state index is 0.0884. The highest BCUT2D eigenvalue weighted by Crippen LogP contribution is 2.15. The summed E-state index contributed by atoms with van der Waals surface area (Å²) in [5.41, 5.74) is 4.64. The Bertz CT molecular complexity index is 524. The Balaban J connectivity index is 3.34. The minimum atomic E-state index is -0.373. The van der Waals surface area contributed by atoms with Crippen molar-refractivity contribution < 1.29 is 4.84 Å². The summed E-state index contributed by atoms with van der Waals surface area (Å²) in [5, 5.41) is 8.83. The summed E-state index contributed by atoms with van der Waals surface area (Å²) in [6, 6.07) is 3.42. The number of hydroxylamine groups is 1. The molecule has 0 atom stereocenters. The fourth-order valence-corrected chi connectivity index (χ4v) is 1.51. The molecule has 0 unspecified atom stereocenters. The minimum Gasteiger partial charge on any atom is -0.325 e. The first-order valence-electron chi connectivity index (χ1n) is 5.27. The molecular formula is C12H15N3O2. The lowest BCUT2D eigenvalue weighted by molar-refractivity contribution is 0.136. The standard InChI is InChI=1S/C12H15N3O2/c1-4-5-11(15-17-3)10-6-9(7-13)12(16)14-8(10)2/h5-6,15H,4H2,1-3H3,(H,14,16). The molecule has 0 saturated carbocycles. The third kappa shape index (κ3) is 2.95. The van der Waals surface area contributed by atoms with Gasteiger partial charge in [-0.15, -0.1) is 0 Å². The smallest absolute Gasteiger partial charge is 0.266 e. The zero-order valence-corrected chi connectivity index (χ0v) is 10.1. The summed E-state index contributed by atoms with van der Waals surface area (Å²) < 4.78 is 0. The van der Waals surface area contributed by atoms with Crippen LogP contribution in [0, 0.1) is 18.3 Å². The second kappa shape index (κ2) is 5.87. The average Bonchev–Trinajstić information content (AvgIpc) is 2.29. The molecule has 0 aliphatic rings. The number of aryl methyl sites for hydroxylation is 1. The second-order valence-corrected chi connectivity index (χ2v) is 3.49. The topological polar surface area (TPSA) is 77.9 Å². The van der Waals surface area contributed by atoms with Gasteiger partial charge >= 0.3 is 0 Å². The third-order valence-corrected chi connectivity index (χ3v) is 2.27. The average molecular weight is 233 g/mol. The van der Waals surface area contributed by atoms with Gasteiger partial charge in [0.15, 0.2) is 0 Å². The predicted molar refractivity (Wildman–Crippen MR) is 64.9 cm³/mol. The van der Waals surface area contributed by atoms with Crippen molar-refractivity contribution in [3.05, 3.63) is 39.3 Å². The molecule has 0 aliphatic heterocycles. The summed E-state index contributed by atoms with van der Waals surface area (Å²) >= 11 is 0. The molecule has 0 amide bonds. The lowest BCUT2D eigenvalue weighted by atomic mass is 10.1. The molecule has 0 spiro atoms. The van der Waals surface area contributed by atoms with Gasteiger partial charge in [-0.25, -0.2) is 0 Å². The molecule has 17 heavy (non-hydrogen) atoms. The Morgan fingerprint density at radius 2 is 2.41 bits per heavy atom. The van der Waals surface area contributed by atoms with Crippen LogP contribution in [0.2, 0.25) is 0 Å². The van der Waals surface area contributed by atoms with Gasteiger partial charge in [0.2, 0.25) is 0 Å². The molecular weight excluding hydrogens is 218 g/mol. The van der Waals surface area contributed by atoms with Crippen LogP contribution >= 0.6 is 0 Å². The van der Waals surface area contributed by atoms with E-state index in [1.54, 1.807) is 13.0 Å². The Kier molecular flexibility index (Phi) is 4.49. The normalized spacial score (nSPS) is 11.1. The van der Waals surface area contributed by atoms with Gasteiger partial charge in [0.05, 0.1) is 12.8 Å². The molecule has 0 bridgehead atoms. The molecule has 1 heterocycles. The SMILES string of the molecule is CCC=C(NOC)c1cc(C#N)c(=O)[nH]c1C. The van der Waals surface area contributed by atoms with Crippen LogP contribution in [0.25, 0.3) is 5.70 Å². The highest BCUT2D eigenvalue weighted by atomic mass is 16.6. The molecule has 0 aromatic carbocycles. The van der Waals surface area contributed by atoms with E-state index in [4.69, 9.17) is 10.1 Å². The first-order valence-corrected chi connectivity index (χ1v) is 5.27. The van der Waals surface area contributed by atoms with Crippen molar-refractivity contribution in [2.24, 2.45) is 0 Å². The number of nitrogens with one attached hydrogen (secondary N) is 2. The van der Waals surface area contributed by atoms with Crippen molar-refractivity contribution in [3.8, 4) is 6.07 Å². The van der Waals surface area contributed by atoms with Gasteiger partial charge in [-0.1, -0.05) is 13.0 Å². The van der Waals surface area contributed by atoms with Gasteiger partial charge in [0.1, 0.15) is 11.6 Å². The van der Waals surface area contributed by atoms with E-state index < -0.39 is 0 Å². The zero-order valence-electron chi connectivity index (χ0n) is 10.1. The van der Waals surface area contributed by atoms with E-state index in [1.807, 2.05) is 19.1 Å². The number of hydrogen-bond acceptors (Lipinski definition) is 4. The van der Waals surface area contributed by atoms with Crippen molar-refractivity contribution in [2.75, 3.05) is 7.11 Å². The maximum Gasteiger partial charge on any atom is 0.266 e. The van der Waals surface area contributed by atoms with Crippen molar-refractivity contribution in [1.82, 2.24) is 10.5 Å². The third-order valence-electron chi connectivity index (χ3n) is 2.27. The first-order chi connectivity index (χ1) is 8.13. The second-order valence-electron chi connectivity index (χ2n) is 3.49. The molecule has 1 aromatic heterocycles. The van der Waals surface area contributed by atoms with E-state index in [1.165, 1.54) is 7.11 Å². The highest BCUT2D eigenvalue weighted by Gasteiger charge is 2.09. The Morgan fingerprint density at radius 1 is 1.71 bits per heavy atom.